The van der Waals surface area contributed by atoms with Crippen molar-refractivity contribution < 1.29 is 33.1 Å². The van der Waals surface area contributed by atoms with Crippen molar-refractivity contribution in [3.8, 4) is 6.19 Å². The fourth-order valence-electron chi connectivity index (χ4n) is 7.03. The Hall–Kier alpha value is -4.27. The van der Waals surface area contributed by atoms with Crippen LogP contribution >= 0.6 is 0 Å². The monoisotopic (exact) mass is 619 g/mol. The Balaban J connectivity index is 1.23. The van der Waals surface area contributed by atoms with Gasteiger partial charge < -0.3 is 15.0 Å². The van der Waals surface area contributed by atoms with Crippen LogP contribution in [-0.4, -0.2) is 64.1 Å². The molecule has 3 aliphatic heterocycles. The Morgan fingerprint density at radius 2 is 1.91 bits per heavy atom. The van der Waals surface area contributed by atoms with Crippen LogP contribution in [0.5, 0.6) is 0 Å². The van der Waals surface area contributed by atoms with E-state index in [1.54, 1.807) is 18.3 Å². The Bertz CT molecular complexity index is 1470. The molecule has 1 aromatic rings. The molecule has 6 rings (SSSR count). The van der Waals surface area contributed by atoms with Crippen LogP contribution in [0.3, 0.4) is 0 Å². The van der Waals surface area contributed by atoms with E-state index in [0.29, 0.717) is 30.4 Å². The lowest BCUT2D eigenvalue weighted by Crippen LogP contribution is -2.52. The molecule has 3 heterocycles. The van der Waals surface area contributed by atoms with Crippen LogP contribution in [0.4, 0.5) is 9.18 Å². The second-order valence-electron chi connectivity index (χ2n) is 13.1. The van der Waals surface area contributed by atoms with E-state index in [4.69, 9.17) is 10.00 Å². The van der Waals surface area contributed by atoms with Gasteiger partial charge in [-0.3, -0.25) is 29.4 Å². The lowest BCUT2D eigenvalue weighted by Gasteiger charge is -2.29. The van der Waals surface area contributed by atoms with Gasteiger partial charge in [-0.25, -0.2) is 9.18 Å². The third kappa shape index (κ3) is 6.44. The molecule has 11 nitrogen and oxygen atoms in total. The zero-order valence-corrected chi connectivity index (χ0v) is 25.1. The van der Waals surface area contributed by atoms with Crippen LogP contribution in [0.15, 0.2) is 30.4 Å². The van der Waals surface area contributed by atoms with Gasteiger partial charge in [0.25, 0.3) is 0 Å². The number of nitrogens with one attached hydrogen (secondary N) is 2. The number of nitrogens with zero attached hydrogens (tertiary/aromatic N) is 3. The van der Waals surface area contributed by atoms with Crippen molar-refractivity contribution in [1.82, 2.24) is 20.4 Å². The highest BCUT2D eigenvalue weighted by molar-refractivity contribution is 5.98. The molecular formula is C33H38FN5O6. The first-order valence-electron chi connectivity index (χ1n) is 15.9. The van der Waals surface area contributed by atoms with E-state index in [0.717, 1.165) is 32.1 Å². The summed E-state index contributed by atoms with van der Waals surface area (Å²) < 4.78 is 20.1. The van der Waals surface area contributed by atoms with Gasteiger partial charge in [-0.05, 0) is 56.1 Å². The van der Waals surface area contributed by atoms with Crippen molar-refractivity contribution in [1.29, 1.82) is 5.26 Å². The van der Waals surface area contributed by atoms with Gasteiger partial charge in [-0.2, -0.15) is 5.26 Å². The molecule has 0 spiro atoms. The average molecular weight is 620 g/mol. The highest BCUT2D eigenvalue weighted by Gasteiger charge is 2.60. The van der Waals surface area contributed by atoms with Crippen LogP contribution in [0.25, 0.3) is 0 Å². The number of hydrogen-bond donors (Lipinski definition) is 2. The Labute approximate surface area is 261 Å². The fraction of sp³-hybridized carbons (Fsp3) is 0.576. The number of carbonyl (C=O) groups excluding carboxylic acids is 5. The first-order chi connectivity index (χ1) is 21.7. The van der Waals surface area contributed by atoms with E-state index in [9.17, 15) is 28.4 Å². The molecule has 12 heteroatoms. The summed E-state index contributed by atoms with van der Waals surface area (Å²) >= 11 is 0. The van der Waals surface area contributed by atoms with Gasteiger partial charge in [0.1, 0.15) is 18.0 Å². The van der Waals surface area contributed by atoms with Gasteiger partial charge in [0.05, 0.1) is 24.5 Å². The minimum Gasteiger partial charge on any atom is -0.444 e. The van der Waals surface area contributed by atoms with Crippen molar-refractivity contribution in [3.05, 3.63) is 47.3 Å². The molecule has 3 fully saturated rings. The number of allylic oxidation sites excluding steroid dienone is 2. The summed E-state index contributed by atoms with van der Waals surface area (Å²) in [6, 6.07) is 2.87. The first kappa shape index (κ1) is 30.7. The maximum Gasteiger partial charge on any atom is 0.410 e. The molecular weight excluding hydrogens is 581 g/mol. The van der Waals surface area contributed by atoms with Crippen LogP contribution < -0.4 is 10.6 Å². The molecule has 2 aliphatic carbocycles. The minimum atomic E-state index is -1.09. The number of Topliss-reactive ketones (excluding diaryl/α,β-unsaturated/α-hetero) is 1. The summed E-state index contributed by atoms with van der Waals surface area (Å²) in [4.78, 5) is 69.9. The van der Waals surface area contributed by atoms with Crippen molar-refractivity contribution in [2.45, 2.75) is 95.5 Å². The van der Waals surface area contributed by atoms with Gasteiger partial charge in [-0.15, -0.1) is 0 Å². The predicted molar refractivity (Wildman–Crippen MR) is 157 cm³/mol. The van der Waals surface area contributed by atoms with Crippen LogP contribution in [0.2, 0.25) is 0 Å². The molecule has 0 bridgehead atoms. The number of fused-ring (bicyclic) bond motifs is 3. The Morgan fingerprint density at radius 1 is 1.09 bits per heavy atom. The molecule has 1 saturated heterocycles. The quantitative estimate of drug-likeness (QED) is 0.299. The van der Waals surface area contributed by atoms with Crippen LogP contribution in [0, 0.1) is 34.5 Å². The topological polar surface area (TPSA) is 149 Å². The summed E-state index contributed by atoms with van der Waals surface area (Å²) in [7, 11) is 0. The van der Waals surface area contributed by atoms with E-state index >= 15 is 0 Å². The highest BCUT2D eigenvalue weighted by Crippen LogP contribution is 2.57. The van der Waals surface area contributed by atoms with Crippen LogP contribution in [0.1, 0.15) is 75.3 Å². The number of hydrogen-bond acceptors (Lipinski definition) is 7. The summed E-state index contributed by atoms with van der Waals surface area (Å²) in [5.41, 5.74) is 0.0413. The molecule has 0 radical (unpaired) electrons. The molecule has 45 heavy (non-hydrogen) atoms. The Morgan fingerprint density at radius 3 is 2.67 bits per heavy atom. The van der Waals surface area contributed by atoms with Gasteiger partial charge in [-0.1, -0.05) is 37.1 Å². The fourth-order valence-corrected chi connectivity index (χ4v) is 7.03. The summed E-state index contributed by atoms with van der Waals surface area (Å²) in [5.74, 6) is -2.17. The normalized spacial score (nSPS) is 30.5. The van der Waals surface area contributed by atoms with Gasteiger partial charge in [0.2, 0.25) is 17.7 Å². The standard InChI is InChI=1S/C33H38FN5O6/c34-25-9-6-7-21-16-38(18-24(21)25)32(44)45-23-13-27-28(40)15-33(31(43)36-19-35)14-22(33)8-4-2-1-3-5-10-26(30(42)39(27)17-23)37-29(41)20-11-12-20/h4,6-9,20,22-23,26-27H,1-3,5,10-18H2,(H,36,43)(H,37,41)/b8-4-/t22-,23-,26+,27?,33-/m1/s1. The maximum atomic E-state index is 14.3. The molecule has 5 aliphatic rings. The van der Waals surface area contributed by atoms with Gasteiger partial charge in [0, 0.05) is 30.9 Å². The summed E-state index contributed by atoms with van der Waals surface area (Å²) in [6.45, 7) is 0.191. The molecule has 5 atom stereocenters. The third-order valence-corrected chi connectivity index (χ3v) is 9.91. The van der Waals surface area contributed by atoms with E-state index in [1.807, 2.05) is 12.2 Å². The summed E-state index contributed by atoms with van der Waals surface area (Å²) in [6.07, 6.45) is 9.56. The number of nitriles is 1. The van der Waals surface area contributed by atoms with E-state index in [-0.39, 0.29) is 56.0 Å². The summed E-state index contributed by atoms with van der Waals surface area (Å²) in [5, 5.41) is 14.3. The second kappa shape index (κ2) is 12.6. The molecule has 1 aromatic carbocycles. The minimum absolute atomic E-state index is 0.0329. The number of benzene rings is 1. The highest BCUT2D eigenvalue weighted by atomic mass is 19.1. The van der Waals surface area contributed by atoms with Crippen molar-refractivity contribution in [2.75, 3.05) is 6.54 Å². The zero-order valence-electron chi connectivity index (χ0n) is 25.1. The largest absolute Gasteiger partial charge is 0.444 e. The van der Waals surface area contributed by atoms with Crippen LogP contribution in [-0.2, 0) is 37.0 Å². The number of carbonyl (C=O) groups is 5. The second-order valence-corrected chi connectivity index (χ2v) is 13.1. The zero-order chi connectivity index (χ0) is 31.7. The van der Waals surface area contributed by atoms with E-state index in [2.05, 4.69) is 10.6 Å². The SMILES string of the molecule is N#CNC(=O)[C@]12CC(=O)C3C[C@@H](OC(=O)N4Cc5cccc(F)c5C4)CN3C(=O)[C@@H](NC(=O)C3CC3)CCCCC/C=C\[C@@H]1C2. The number of amides is 4. The van der Waals surface area contributed by atoms with E-state index < -0.39 is 47.3 Å². The first-order valence-corrected chi connectivity index (χ1v) is 15.9. The van der Waals surface area contributed by atoms with Crippen molar-refractivity contribution in [3.63, 3.8) is 0 Å². The molecule has 1 unspecified atom stereocenters. The number of halogens is 1. The average Bonchev–Trinajstić information content (AvgIpc) is 3.89. The predicted octanol–water partition coefficient (Wildman–Crippen LogP) is 3.23. The molecule has 4 amide bonds. The number of rotatable bonds is 4. The van der Waals surface area contributed by atoms with Crippen molar-refractivity contribution >= 4 is 29.6 Å². The molecule has 0 aromatic heterocycles. The Kier molecular flexibility index (Phi) is 8.62. The molecule has 238 valence electrons. The number of ketones is 1. The third-order valence-electron chi connectivity index (χ3n) is 9.91. The molecule has 2 N–H and O–H groups in total. The molecule has 2 saturated carbocycles. The van der Waals surface area contributed by atoms with E-state index in [1.165, 1.54) is 15.9 Å². The smallest absolute Gasteiger partial charge is 0.410 e. The number of ether oxygens (including phenoxy) is 1. The van der Waals surface area contributed by atoms with Gasteiger partial charge >= 0.3 is 6.09 Å². The lowest BCUT2D eigenvalue weighted by atomic mass is 9.91. The maximum absolute atomic E-state index is 14.3. The van der Waals surface area contributed by atoms with Gasteiger partial charge in [0.15, 0.2) is 12.0 Å². The van der Waals surface area contributed by atoms with Crippen molar-refractivity contribution in [2.24, 2.45) is 17.3 Å². The lowest BCUT2D eigenvalue weighted by molar-refractivity contribution is -0.142.